The molecule has 0 radical (unpaired) electrons. The van der Waals surface area contributed by atoms with Gasteiger partial charge in [-0.25, -0.2) is 0 Å². The van der Waals surface area contributed by atoms with Gasteiger partial charge in [0.05, 0.1) is 141 Å². The van der Waals surface area contributed by atoms with Crippen molar-refractivity contribution in [1.29, 1.82) is 0 Å². The van der Waals surface area contributed by atoms with Gasteiger partial charge in [0.2, 0.25) is 0 Å². The van der Waals surface area contributed by atoms with E-state index in [4.69, 9.17) is 0 Å². The zero-order chi connectivity index (χ0) is 52.5. The first-order valence-corrected chi connectivity index (χ1v) is 25.8. The smallest absolute Gasteiger partial charge is 0.152 e. The van der Waals surface area contributed by atoms with E-state index in [1.807, 2.05) is 0 Å². The van der Waals surface area contributed by atoms with Crippen LogP contribution in [0.3, 0.4) is 0 Å². The summed E-state index contributed by atoms with van der Waals surface area (Å²) < 4.78 is 7.21. The van der Waals surface area contributed by atoms with Crippen molar-refractivity contribution in [3.05, 3.63) is 106 Å². The first-order chi connectivity index (χ1) is 31.2. The van der Waals surface area contributed by atoms with Crippen molar-refractivity contribution < 1.29 is 55.7 Å². The van der Waals surface area contributed by atoms with E-state index in [2.05, 4.69) is 214 Å². The molecular weight excluding hydrogens is 859 g/mol. The van der Waals surface area contributed by atoms with E-state index in [-0.39, 0.29) is 18.3 Å². The van der Waals surface area contributed by atoms with E-state index in [1.54, 1.807) is 0 Å². The molecule has 3 aromatic rings. The second-order valence-corrected chi connectivity index (χ2v) is 28.5. The molecule has 0 fully saturated rings. The second kappa shape index (κ2) is 23.8. The van der Waals surface area contributed by atoms with Crippen molar-refractivity contribution in [2.45, 2.75) is 57.6 Å². The molecule has 3 unspecified atom stereocenters. The van der Waals surface area contributed by atoms with Gasteiger partial charge in [-0.2, -0.15) is 0 Å². The Morgan fingerprint density at radius 1 is 0.290 bits per heavy atom. The Kier molecular flexibility index (Phi) is 20.9. The van der Waals surface area contributed by atoms with E-state index in [0.717, 1.165) is 139 Å². The zero-order valence-corrected chi connectivity index (χ0v) is 48.3. The van der Waals surface area contributed by atoms with Crippen molar-refractivity contribution >= 4 is 0 Å². The quantitative estimate of drug-likeness (QED) is 0.0884. The minimum Gasteiger partial charge on any atom is -0.382 e. The molecule has 0 aliphatic heterocycles. The SMILES string of the molecule is C[N+](C)(C)CC(O)C[N+](C)(C)Cc1cccc(C[N+](C)(C)CC[N+](C)(CC[N+](C)(C)Cc2cccc(C[N+](C)(C)CC(O)C[N+](C)(C)C)c2)Cc2cccc(C[N+](C)(C)CC(O)C[N+](C)(C)C)c2)c1. The fourth-order valence-electron chi connectivity index (χ4n) is 10.8. The van der Waals surface area contributed by atoms with Crippen LogP contribution in [0.2, 0.25) is 0 Å². The van der Waals surface area contributed by atoms with Gasteiger partial charge < -0.3 is 55.7 Å². The highest BCUT2D eigenvalue weighted by molar-refractivity contribution is 5.24. The van der Waals surface area contributed by atoms with E-state index in [1.165, 1.54) is 33.4 Å². The molecule has 3 N–H and O–H groups in total. The third-order valence-electron chi connectivity index (χ3n) is 13.5. The van der Waals surface area contributed by atoms with Gasteiger partial charge in [0.15, 0.2) is 18.3 Å². The summed E-state index contributed by atoms with van der Waals surface area (Å²) in [7, 11) is 44.8. The number of likely N-dealkylation sites (N-methyl/N-ethyl adjacent to an activating group) is 9. The predicted octanol–water partition coefficient (Wildman–Crippen LogP) is 4.12. The fourth-order valence-corrected chi connectivity index (χ4v) is 10.8. The molecule has 392 valence electrons. The molecule has 69 heavy (non-hydrogen) atoms. The van der Waals surface area contributed by atoms with Gasteiger partial charge in [0, 0.05) is 33.4 Å². The fraction of sp³-hybridized carbons (Fsp3) is 0.684. The van der Waals surface area contributed by atoms with Crippen LogP contribution in [0, 0.1) is 0 Å². The average Bonchev–Trinajstić information content (AvgIpc) is 3.09. The van der Waals surface area contributed by atoms with Crippen LogP contribution in [0.1, 0.15) is 33.4 Å². The molecular formula is C57H110N9O3+9. The molecule has 0 saturated heterocycles. The van der Waals surface area contributed by atoms with Gasteiger partial charge >= 0.3 is 0 Å². The minimum atomic E-state index is -0.359. The Morgan fingerprint density at radius 3 is 0.739 bits per heavy atom. The standard InChI is InChI=1S/C57H110N9O3/c1-58(2,3)43-55(67)46-63(14,15)39-51-26-21-24-49(34-51)37-61(10,11)30-32-66(20,42-54-29-23-28-53(36-54)41-65(18,19)48-57(69)45-60(7,8)9)33-31-62(12,13)38-50-25-22-27-52(35-50)40-64(16,17)47-56(68)44-59(4,5)6/h21-29,34-36,55-57,67-69H,30-33,37-48H2,1-20H3/q+9. The number of hydrogen-bond donors (Lipinski definition) is 3. The number of rotatable bonds is 30. The summed E-state index contributed by atoms with van der Waals surface area (Å²) in [4.78, 5) is 0. The number of nitrogens with zero attached hydrogens (tertiary/aromatic N) is 9. The van der Waals surface area contributed by atoms with Crippen LogP contribution in [0.5, 0.6) is 0 Å². The van der Waals surface area contributed by atoms with E-state index in [0.29, 0.717) is 6.54 Å². The summed E-state index contributed by atoms with van der Waals surface area (Å²) >= 11 is 0. The number of hydrogen-bond acceptors (Lipinski definition) is 3. The molecule has 0 bridgehead atoms. The predicted molar refractivity (Wildman–Crippen MR) is 289 cm³/mol. The molecule has 0 aliphatic rings. The third-order valence-corrected chi connectivity index (χ3v) is 13.5. The Bertz CT molecular complexity index is 1930. The van der Waals surface area contributed by atoms with Crippen molar-refractivity contribution in [3.63, 3.8) is 0 Å². The Labute approximate surface area is 424 Å². The number of aliphatic hydroxyl groups is 3. The first-order valence-electron chi connectivity index (χ1n) is 25.8. The normalized spacial score (nSPS) is 16.0. The zero-order valence-electron chi connectivity index (χ0n) is 48.3. The van der Waals surface area contributed by atoms with E-state index < -0.39 is 0 Å². The molecule has 0 saturated carbocycles. The summed E-state index contributed by atoms with van der Waals surface area (Å²) in [6.45, 7) is 14.1. The van der Waals surface area contributed by atoms with Crippen molar-refractivity contribution in [1.82, 2.24) is 0 Å². The molecule has 0 heterocycles. The van der Waals surface area contributed by atoms with Crippen LogP contribution in [-0.2, 0) is 39.3 Å². The first kappa shape index (κ1) is 60.5. The summed E-state index contributed by atoms with van der Waals surface area (Å²) in [5.74, 6) is 0. The monoisotopic (exact) mass is 969 g/mol. The van der Waals surface area contributed by atoms with Gasteiger partial charge in [0.25, 0.3) is 0 Å². The summed E-state index contributed by atoms with van der Waals surface area (Å²) in [5.41, 5.74) is 8.06. The highest BCUT2D eigenvalue weighted by Gasteiger charge is 2.33. The summed E-state index contributed by atoms with van der Waals surface area (Å²) in [5, 5.41) is 32.9. The van der Waals surface area contributed by atoms with Crippen LogP contribution in [0.15, 0.2) is 72.8 Å². The van der Waals surface area contributed by atoms with Gasteiger partial charge in [-0.15, -0.1) is 0 Å². The van der Waals surface area contributed by atoms with E-state index in [9.17, 15) is 15.3 Å². The highest BCUT2D eigenvalue weighted by atomic mass is 16.3. The average molecular weight is 970 g/mol. The minimum absolute atomic E-state index is 0.349. The molecule has 0 aromatic heterocycles. The molecule has 12 nitrogen and oxygen atoms in total. The summed E-state index contributed by atoms with van der Waals surface area (Å²) in [6, 6.07) is 27.6. The van der Waals surface area contributed by atoms with Gasteiger partial charge in [-0.3, -0.25) is 0 Å². The molecule has 0 amide bonds. The highest BCUT2D eigenvalue weighted by Crippen LogP contribution is 2.22. The maximum absolute atomic E-state index is 11.0. The van der Waals surface area contributed by atoms with Crippen LogP contribution in [0.25, 0.3) is 0 Å². The second-order valence-electron chi connectivity index (χ2n) is 28.5. The molecule has 3 atom stereocenters. The Balaban J connectivity index is 1.83. The van der Waals surface area contributed by atoms with Crippen LogP contribution in [0.4, 0.5) is 0 Å². The van der Waals surface area contributed by atoms with Crippen LogP contribution in [-0.4, -0.2) is 280 Å². The Hall–Kier alpha value is -2.82. The van der Waals surface area contributed by atoms with E-state index >= 15 is 0 Å². The lowest BCUT2D eigenvalue weighted by atomic mass is 10.1. The lowest BCUT2D eigenvalue weighted by Gasteiger charge is -2.41. The Morgan fingerprint density at radius 2 is 0.507 bits per heavy atom. The molecule has 3 aromatic carbocycles. The maximum atomic E-state index is 11.0. The van der Waals surface area contributed by atoms with Crippen LogP contribution < -0.4 is 0 Å². The molecule has 12 heteroatoms. The molecule has 3 rings (SSSR count). The lowest BCUT2D eigenvalue weighted by molar-refractivity contribution is -0.989. The number of aliphatic hydroxyl groups excluding tert-OH is 3. The number of benzene rings is 3. The van der Waals surface area contributed by atoms with Gasteiger partial charge in [-0.1, -0.05) is 54.6 Å². The molecule has 0 aliphatic carbocycles. The molecule has 0 spiro atoms. The van der Waals surface area contributed by atoms with Crippen molar-refractivity contribution in [3.8, 4) is 0 Å². The van der Waals surface area contributed by atoms with Gasteiger partial charge in [-0.05, 0) is 18.2 Å². The number of quaternary nitrogens is 9. The lowest BCUT2D eigenvalue weighted by Crippen LogP contribution is -2.56. The third kappa shape index (κ3) is 25.4. The van der Waals surface area contributed by atoms with Gasteiger partial charge in [0.1, 0.15) is 105 Å². The maximum Gasteiger partial charge on any atom is 0.152 e. The topological polar surface area (TPSA) is 60.7 Å². The summed E-state index contributed by atoms with van der Waals surface area (Å²) in [6.07, 6.45) is -1.06. The largest absolute Gasteiger partial charge is 0.382 e. The van der Waals surface area contributed by atoms with Crippen molar-refractivity contribution in [2.75, 3.05) is 206 Å². The van der Waals surface area contributed by atoms with Crippen molar-refractivity contribution in [2.24, 2.45) is 0 Å². The van der Waals surface area contributed by atoms with Crippen LogP contribution >= 0.6 is 0 Å².